The van der Waals surface area contributed by atoms with Crippen molar-refractivity contribution < 1.29 is 8.60 Å². The van der Waals surface area contributed by atoms with Crippen LogP contribution in [-0.2, 0) is 11.0 Å². The third-order valence-electron chi connectivity index (χ3n) is 3.51. The second-order valence-corrected chi connectivity index (χ2v) is 7.73. The highest BCUT2D eigenvalue weighted by molar-refractivity contribution is 7.86. The van der Waals surface area contributed by atoms with Crippen LogP contribution in [-0.4, -0.2) is 9.19 Å². The molecule has 1 aromatic heterocycles. The molecule has 0 spiro atoms. The van der Waals surface area contributed by atoms with Gasteiger partial charge in [-0.1, -0.05) is 41.9 Å². The van der Waals surface area contributed by atoms with Gasteiger partial charge in [-0.15, -0.1) is 11.3 Å². The fourth-order valence-corrected chi connectivity index (χ4v) is 4.10. The summed E-state index contributed by atoms with van der Waals surface area (Å²) in [5.74, 6) is -0.602. The molecule has 0 aliphatic carbocycles. The van der Waals surface area contributed by atoms with Gasteiger partial charge in [0.1, 0.15) is 5.82 Å². The number of hydrogen-bond acceptors (Lipinski definition) is 4. The van der Waals surface area contributed by atoms with Gasteiger partial charge in [0.05, 0.1) is 15.6 Å². The highest BCUT2D eigenvalue weighted by Crippen LogP contribution is 2.30. The molecular weight excluding hydrogens is 381 g/mol. The minimum absolute atomic E-state index is 0.0156. The summed E-state index contributed by atoms with van der Waals surface area (Å²) < 4.78 is 29.4. The quantitative estimate of drug-likeness (QED) is 0.599. The lowest BCUT2D eigenvalue weighted by Gasteiger charge is -2.17. The van der Waals surface area contributed by atoms with Gasteiger partial charge in [0, 0.05) is 17.6 Å². The van der Waals surface area contributed by atoms with E-state index in [9.17, 15) is 8.60 Å². The van der Waals surface area contributed by atoms with Gasteiger partial charge in [-0.3, -0.25) is 4.72 Å². The summed E-state index contributed by atoms with van der Waals surface area (Å²) in [5, 5.41) is 5.67. The van der Waals surface area contributed by atoms with E-state index in [1.165, 1.54) is 23.5 Å². The lowest BCUT2D eigenvalue weighted by Crippen LogP contribution is -2.10. The molecule has 0 bridgehead atoms. The number of thiazole rings is 1. The number of nitrogens with one attached hydrogen (secondary N) is 2. The Hall–Kier alpha value is -1.96. The van der Waals surface area contributed by atoms with E-state index in [0.717, 1.165) is 5.56 Å². The number of hydrogen-bond donors (Lipinski definition) is 2. The molecule has 0 aliphatic heterocycles. The van der Waals surface area contributed by atoms with Crippen molar-refractivity contribution in [1.82, 2.24) is 4.98 Å². The third kappa shape index (κ3) is 4.36. The number of halogens is 2. The smallest absolute Gasteiger partial charge is 0.194 e. The molecule has 25 heavy (non-hydrogen) atoms. The van der Waals surface area contributed by atoms with Crippen molar-refractivity contribution in [1.29, 1.82) is 0 Å². The summed E-state index contributed by atoms with van der Waals surface area (Å²) in [6.45, 7) is 1.96. The Kier molecular flexibility index (Phi) is 5.67. The zero-order chi connectivity index (χ0) is 17.8. The van der Waals surface area contributed by atoms with Crippen LogP contribution in [0.5, 0.6) is 0 Å². The largest absolute Gasteiger partial charge is 0.377 e. The van der Waals surface area contributed by atoms with Crippen molar-refractivity contribution in [2.24, 2.45) is 0 Å². The van der Waals surface area contributed by atoms with Crippen molar-refractivity contribution in [3.05, 3.63) is 70.4 Å². The van der Waals surface area contributed by atoms with Crippen LogP contribution in [0.3, 0.4) is 0 Å². The standard InChI is InChI=1S/C17H15ClFN3OS2/c1-11(12-5-3-2-4-6-12)21-15-10-14(19)16(9-13(15)18)25(23)22-17-20-7-8-24-17/h2-11,21H,1H3,(H,20,22). The SMILES string of the molecule is CC(Nc1cc(F)c(S(=O)Nc2nccs2)cc1Cl)c1ccccc1. The molecule has 0 saturated heterocycles. The number of aromatic nitrogens is 1. The fourth-order valence-electron chi connectivity index (χ4n) is 2.25. The van der Waals surface area contributed by atoms with Crippen LogP contribution in [0.15, 0.2) is 58.9 Å². The Bertz CT molecular complexity index is 875. The molecule has 130 valence electrons. The van der Waals surface area contributed by atoms with Crippen LogP contribution in [0, 0.1) is 5.82 Å². The number of anilines is 2. The van der Waals surface area contributed by atoms with Crippen LogP contribution in [0.4, 0.5) is 15.2 Å². The van der Waals surface area contributed by atoms with Gasteiger partial charge in [-0.25, -0.2) is 13.6 Å². The maximum absolute atomic E-state index is 14.4. The van der Waals surface area contributed by atoms with Crippen molar-refractivity contribution in [3.63, 3.8) is 0 Å². The predicted octanol–water partition coefficient (Wildman–Crippen LogP) is 5.24. The Morgan fingerprint density at radius 2 is 2.04 bits per heavy atom. The van der Waals surface area contributed by atoms with E-state index in [0.29, 0.717) is 15.8 Å². The Balaban J connectivity index is 1.79. The first-order valence-corrected chi connectivity index (χ1v) is 9.84. The summed E-state index contributed by atoms with van der Waals surface area (Å²) in [4.78, 5) is 3.96. The van der Waals surface area contributed by atoms with E-state index in [-0.39, 0.29) is 10.9 Å². The molecule has 0 aliphatic rings. The monoisotopic (exact) mass is 395 g/mol. The van der Waals surface area contributed by atoms with Gasteiger partial charge >= 0.3 is 0 Å². The van der Waals surface area contributed by atoms with Crippen molar-refractivity contribution in [3.8, 4) is 0 Å². The molecule has 2 unspecified atom stereocenters. The van der Waals surface area contributed by atoms with E-state index in [1.54, 1.807) is 11.6 Å². The molecule has 3 aromatic rings. The Morgan fingerprint density at radius 1 is 1.28 bits per heavy atom. The van der Waals surface area contributed by atoms with E-state index >= 15 is 0 Å². The first-order valence-electron chi connectivity index (χ1n) is 7.43. The van der Waals surface area contributed by atoms with Crippen LogP contribution < -0.4 is 10.0 Å². The second-order valence-electron chi connectivity index (χ2n) is 5.25. The first kappa shape index (κ1) is 17.8. The van der Waals surface area contributed by atoms with E-state index in [2.05, 4.69) is 15.0 Å². The minimum atomic E-state index is -1.78. The van der Waals surface area contributed by atoms with Gasteiger partial charge in [0.25, 0.3) is 0 Å². The molecule has 2 atom stereocenters. The van der Waals surface area contributed by atoms with E-state index in [1.807, 2.05) is 37.3 Å². The Labute approximate surface area is 156 Å². The maximum atomic E-state index is 14.4. The van der Waals surface area contributed by atoms with E-state index < -0.39 is 16.8 Å². The van der Waals surface area contributed by atoms with Gasteiger partial charge in [-0.2, -0.15) is 0 Å². The van der Waals surface area contributed by atoms with Gasteiger partial charge in [0.2, 0.25) is 0 Å². The molecular formula is C17H15ClFN3OS2. The molecule has 4 nitrogen and oxygen atoms in total. The van der Waals surface area contributed by atoms with E-state index in [4.69, 9.17) is 11.6 Å². The van der Waals surface area contributed by atoms with Crippen LogP contribution in [0.25, 0.3) is 0 Å². The van der Waals surface area contributed by atoms with Crippen LogP contribution >= 0.6 is 22.9 Å². The molecule has 0 amide bonds. The highest BCUT2D eigenvalue weighted by atomic mass is 35.5. The number of benzene rings is 2. The molecule has 2 aromatic carbocycles. The normalized spacial score (nSPS) is 13.2. The molecule has 0 radical (unpaired) electrons. The average molecular weight is 396 g/mol. The average Bonchev–Trinajstić information content (AvgIpc) is 3.11. The fraction of sp³-hybridized carbons (Fsp3) is 0.118. The summed E-state index contributed by atoms with van der Waals surface area (Å²) in [7, 11) is -1.78. The van der Waals surface area contributed by atoms with Gasteiger partial charge in [0.15, 0.2) is 16.1 Å². The molecule has 0 fully saturated rings. The number of nitrogens with zero attached hydrogens (tertiary/aromatic N) is 1. The van der Waals surface area contributed by atoms with Crippen LogP contribution in [0.2, 0.25) is 5.02 Å². The third-order valence-corrected chi connectivity index (χ3v) is 5.73. The summed E-state index contributed by atoms with van der Waals surface area (Å²) in [6.07, 6.45) is 1.57. The number of rotatable bonds is 6. The second kappa shape index (κ2) is 7.95. The van der Waals surface area contributed by atoms with Crippen LogP contribution in [0.1, 0.15) is 18.5 Å². The van der Waals surface area contributed by atoms with Crippen molar-refractivity contribution >= 4 is 44.7 Å². The summed E-state index contributed by atoms with van der Waals surface area (Å²) >= 11 is 7.54. The summed E-state index contributed by atoms with van der Waals surface area (Å²) in [6, 6.07) is 12.3. The summed E-state index contributed by atoms with van der Waals surface area (Å²) in [5.41, 5.74) is 1.50. The molecule has 1 heterocycles. The lowest BCUT2D eigenvalue weighted by molar-refractivity contribution is 0.596. The molecule has 3 rings (SSSR count). The topological polar surface area (TPSA) is 54.0 Å². The molecule has 2 N–H and O–H groups in total. The van der Waals surface area contributed by atoms with Gasteiger partial charge in [-0.05, 0) is 24.6 Å². The zero-order valence-corrected chi connectivity index (χ0v) is 15.6. The molecule has 0 saturated carbocycles. The highest BCUT2D eigenvalue weighted by Gasteiger charge is 2.16. The first-order chi connectivity index (χ1) is 12.0. The van der Waals surface area contributed by atoms with Gasteiger partial charge < -0.3 is 5.32 Å². The zero-order valence-electron chi connectivity index (χ0n) is 13.2. The lowest BCUT2D eigenvalue weighted by atomic mass is 10.1. The molecule has 8 heteroatoms. The minimum Gasteiger partial charge on any atom is -0.377 e. The van der Waals surface area contributed by atoms with Crippen molar-refractivity contribution in [2.45, 2.75) is 17.9 Å². The Morgan fingerprint density at radius 3 is 2.72 bits per heavy atom. The maximum Gasteiger partial charge on any atom is 0.194 e. The predicted molar refractivity (Wildman–Crippen MR) is 102 cm³/mol. The van der Waals surface area contributed by atoms with Crippen molar-refractivity contribution in [2.75, 3.05) is 10.0 Å².